The van der Waals surface area contributed by atoms with Gasteiger partial charge in [-0.25, -0.2) is 4.98 Å². The topological polar surface area (TPSA) is 46.6 Å². The molecule has 0 fully saturated rings. The Morgan fingerprint density at radius 1 is 1.16 bits per heavy atom. The summed E-state index contributed by atoms with van der Waals surface area (Å²) in [5.41, 5.74) is 12.0. The molecule has 4 nitrogen and oxygen atoms in total. The predicted molar refractivity (Wildman–Crippen MR) is 105 cm³/mol. The number of imidazole rings is 1. The van der Waals surface area contributed by atoms with E-state index in [1.807, 2.05) is 30.4 Å². The molecule has 0 saturated carbocycles. The lowest BCUT2D eigenvalue weighted by molar-refractivity contribution is 0.323. The van der Waals surface area contributed by atoms with Crippen LogP contribution in [-0.2, 0) is 6.54 Å². The minimum atomic E-state index is 0.741. The van der Waals surface area contributed by atoms with Gasteiger partial charge in [0.2, 0.25) is 0 Å². The van der Waals surface area contributed by atoms with E-state index in [1.54, 1.807) is 0 Å². The quantitative estimate of drug-likeness (QED) is 0.524. The average Bonchev–Trinajstić information content (AvgIpc) is 2.93. The Bertz CT molecular complexity index is 897. The van der Waals surface area contributed by atoms with Gasteiger partial charge in [0.15, 0.2) is 0 Å². The second kappa shape index (κ2) is 7.36. The molecule has 0 aliphatic heterocycles. The van der Waals surface area contributed by atoms with Crippen molar-refractivity contribution in [3.8, 4) is 11.3 Å². The highest BCUT2D eigenvalue weighted by Crippen LogP contribution is 2.27. The van der Waals surface area contributed by atoms with E-state index in [-0.39, 0.29) is 0 Å². The number of pyridine rings is 1. The van der Waals surface area contributed by atoms with E-state index in [9.17, 15) is 0 Å². The van der Waals surface area contributed by atoms with Gasteiger partial charge in [-0.05, 0) is 36.8 Å². The van der Waals surface area contributed by atoms with Crippen LogP contribution in [0.2, 0.25) is 0 Å². The Morgan fingerprint density at radius 2 is 1.92 bits per heavy atom. The smallest absolute Gasteiger partial charge is 0.137 e. The zero-order chi connectivity index (χ0) is 17.8. The van der Waals surface area contributed by atoms with Crippen molar-refractivity contribution < 1.29 is 0 Å². The monoisotopic (exact) mass is 332 g/mol. The molecule has 128 valence electrons. The van der Waals surface area contributed by atoms with Crippen molar-refractivity contribution in [3.05, 3.63) is 79.2 Å². The molecule has 1 aromatic carbocycles. The third-order valence-corrected chi connectivity index (χ3v) is 4.19. The van der Waals surface area contributed by atoms with Crippen molar-refractivity contribution in [1.29, 1.82) is 0 Å². The first-order valence-electron chi connectivity index (χ1n) is 8.40. The van der Waals surface area contributed by atoms with Crippen LogP contribution in [0.5, 0.6) is 0 Å². The molecule has 0 aliphatic carbocycles. The predicted octanol–water partition coefficient (Wildman–Crippen LogP) is 4.07. The van der Waals surface area contributed by atoms with Crippen molar-refractivity contribution in [2.24, 2.45) is 0 Å². The van der Waals surface area contributed by atoms with E-state index in [0.717, 1.165) is 47.9 Å². The van der Waals surface area contributed by atoms with Gasteiger partial charge in [0.25, 0.3) is 0 Å². The Kier molecular flexibility index (Phi) is 5.00. The Morgan fingerprint density at radius 3 is 2.60 bits per heavy atom. The second-order valence-corrected chi connectivity index (χ2v) is 6.24. The number of aryl methyl sites for hydroxylation is 1. The van der Waals surface area contributed by atoms with E-state index < -0.39 is 0 Å². The summed E-state index contributed by atoms with van der Waals surface area (Å²) < 4.78 is 2.16. The van der Waals surface area contributed by atoms with Crippen LogP contribution < -0.4 is 5.73 Å². The van der Waals surface area contributed by atoms with Crippen molar-refractivity contribution in [2.75, 3.05) is 18.8 Å². The van der Waals surface area contributed by atoms with Crippen molar-refractivity contribution in [2.45, 2.75) is 13.5 Å². The Balaban J connectivity index is 2.14. The van der Waals surface area contributed by atoms with Gasteiger partial charge >= 0.3 is 0 Å². The minimum Gasteiger partial charge on any atom is -0.399 e. The third-order valence-electron chi connectivity index (χ3n) is 4.19. The number of benzene rings is 1. The molecule has 25 heavy (non-hydrogen) atoms. The van der Waals surface area contributed by atoms with Crippen LogP contribution in [0.4, 0.5) is 5.69 Å². The number of hydrogen-bond acceptors (Lipinski definition) is 3. The Hall–Kier alpha value is -2.85. The maximum absolute atomic E-state index is 5.99. The molecule has 2 aromatic heterocycles. The lowest BCUT2D eigenvalue weighted by atomic mass is 10.1. The minimum absolute atomic E-state index is 0.741. The highest BCUT2D eigenvalue weighted by molar-refractivity contribution is 5.69. The van der Waals surface area contributed by atoms with Gasteiger partial charge in [0.1, 0.15) is 5.65 Å². The molecule has 2 N–H and O–H groups in total. The standard InChI is InChI=1S/C21H24N4/c1-4-10-24(11-5-2)15-19-21(17-7-6-8-18(22)14-17)23-20-13-16(3)9-12-25(19)20/h4-9,12-14H,1-2,10-11,15,22H2,3H3. The van der Waals surface area contributed by atoms with Crippen molar-refractivity contribution in [3.63, 3.8) is 0 Å². The fraction of sp³-hybridized carbons (Fsp3) is 0.190. The molecule has 3 rings (SSSR count). The Labute approximate surface area is 148 Å². The van der Waals surface area contributed by atoms with Crippen LogP contribution in [0, 0.1) is 6.92 Å². The molecule has 0 saturated heterocycles. The molecule has 4 heteroatoms. The third kappa shape index (κ3) is 3.64. The lowest BCUT2D eigenvalue weighted by Gasteiger charge is -2.19. The number of nitrogens with zero attached hydrogens (tertiary/aromatic N) is 3. The van der Waals surface area contributed by atoms with E-state index in [1.165, 1.54) is 5.56 Å². The maximum atomic E-state index is 5.99. The number of rotatable bonds is 7. The highest BCUT2D eigenvalue weighted by atomic mass is 15.1. The van der Waals surface area contributed by atoms with Gasteiger partial charge in [0, 0.05) is 37.1 Å². The molecular formula is C21H24N4. The second-order valence-electron chi connectivity index (χ2n) is 6.24. The lowest BCUT2D eigenvalue weighted by Crippen LogP contribution is -2.24. The van der Waals surface area contributed by atoms with Gasteiger partial charge in [-0.15, -0.1) is 13.2 Å². The van der Waals surface area contributed by atoms with Crippen LogP contribution in [0.1, 0.15) is 11.3 Å². The fourth-order valence-electron chi connectivity index (χ4n) is 3.05. The van der Waals surface area contributed by atoms with Crippen LogP contribution >= 0.6 is 0 Å². The molecule has 0 radical (unpaired) electrons. The first-order chi connectivity index (χ1) is 12.1. The number of anilines is 1. The largest absolute Gasteiger partial charge is 0.399 e. The summed E-state index contributed by atoms with van der Waals surface area (Å²) in [5.74, 6) is 0. The molecule has 0 atom stereocenters. The average molecular weight is 332 g/mol. The van der Waals surface area contributed by atoms with E-state index in [4.69, 9.17) is 10.7 Å². The molecule has 0 aliphatic rings. The highest BCUT2D eigenvalue weighted by Gasteiger charge is 2.16. The number of nitrogen functional groups attached to an aromatic ring is 1. The van der Waals surface area contributed by atoms with Crippen LogP contribution in [0.25, 0.3) is 16.9 Å². The number of fused-ring (bicyclic) bond motifs is 1. The molecule has 0 amide bonds. The number of nitrogens with two attached hydrogens (primary N) is 1. The first kappa shape index (κ1) is 17.0. The maximum Gasteiger partial charge on any atom is 0.137 e. The van der Waals surface area contributed by atoms with Gasteiger partial charge < -0.3 is 10.1 Å². The summed E-state index contributed by atoms with van der Waals surface area (Å²) in [6, 6.07) is 12.1. The van der Waals surface area contributed by atoms with Crippen LogP contribution in [0.3, 0.4) is 0 Å². The molecular weight excluding hydrogens is 308 g/mol. The SMILES string of the molecule is C=CCN(CC=C)Cc1c(-c2cccc(N)c2)nc2cc(C)ccn12. The molecule has 0 spiro atoms. The molecule has 3 aromatic rings. The van der Waals surface area contributed by atoms with E-state index >= 15 is 0 Å². The zero-order valence-electron chi connectivity index (χ0n) is 14.7. The summed E-state index contributed by atoms with van der Waals surface area (Å²) >= 11 is 0. The summed E-state index contributed by atoms with van der Waals surface area (Å²) in [6.45, 7) is 12.1. The summed E-state index contributed by atoms with van der Waals surface area (Å²) in [4.78, 5) is 7.16. The van der Waals surface area contributed by atoms with Gasteiger partial charge in [0.05, 0.1) is 11.4 Å². The van der Waals surface area contributed by atoms with Gasteiger partial charge in [-0.3, -0.25) is 4.90 Å². The van der Waals surface area contributed by atoms with Crippen LogP contribution in [0.15, 0.2) is 67.9 Å². The fourth-order valence-corrected chi connectivity index (χ4v) is 3.05. The zero-order valence-corrected chi connectivity index (χ0v) is 14.7. The number of aromatic nitrogens is 2. The van der Waals surface area contributed by atoms with Crippen molar-refractivity contribution >= 4 is 11.3 Å². The summed E-state index contributed by atoms with van der Waals surface area (Å²) in [7, 11) is 0. The molecule has 0 bridgehead atoms. The first-order valence-corrected chi connectivity index (χ1v) is 8.40. The normalized spacial score (nSPS) is 11.1. The molecule has 0 unspecified atom stereocenters. The van der Waals surface area contributed by atoms with E-state index in [0.29, 0.717) is 0 Å². The van der Waals surface area contributed by atoms with Crippen molar-refractivity contribution in [1.82, 2.24) is 14.3 Å². The van der Waals surface area contributed by atoms with E-state index in [2.05, 4.69) is 53.8 Å². The summed E-state index contributed by atoms with van der Waals surface area (Å²) in [5, 5.41) is 0. The number of hydrogen-bond donors (Lipinski definition) is 1. The van der Waals surface area contributed by atoms with Gasteiger partial charge in [-0.2, -0.15) is 0 Å². The molecule has 2 heterocycles. The summed E-state index contributed by atoms with van der Waals surface area (Å²) in [6.07, 6.45) is 5.91. The van der Waals surface area contributed by atoms with Crippen LogP contribution in [-0.4, -0.2) is 27.4 Å². The van der Waals surface area contributed by atoms with Gasteiger partial charge in [-0.1, -0.05) is 24.3 Å².